The number of ether oxygens (including phenoxy) is 2. The lowest BCUT2D eigenvalue weighted by molar-refractivity contribution is -0.155. The van der Waals surface area contributed by atoms with Crippen molar-refractivity contribution in [2.45, 2.75) is 38.6 Å². The molecule has 0 heterocycles. The van der Waals surface area contributed by atoms with E-state index in [1.54, 1.807) is 14.2 Å². The van der Waals surface area contributed by atoms with E-state index in [1.165, 1.54) is 0 Å². The zero-order chi connectivity index (χ0) is 9.84. The van der Waals surface area contributed by atoms with Crippen molar-refractivity contribution in [2.24, 2.45) is 11.8 Å². The third-order valence-corrected chi connectivity index (χ3v) is 3.04. The first kappa shape index (κ1) is 11.0. The largest absolute Gasteiger partial charge is 0.393 e. The summed E-state index contributed by atoms with van der Waals surface area (Å²) in [5, 5.41) is 9.68. The summed E-state index contributed by atoms with van der Waals surface area (Å²) in [6.07, 6.45) is 2.61. The third kappa shape index (κ3) is 2.66. The molecule has 0 aromatic carbocycles. The molecule has 0 aliphatic heterocycles. The molecule has 3 atom stereocenters. The van der Waals surface area contributed by atoms with E-state index in [2.05, 4.69) is 6.92 Å². The summed E-state index contributed by atoms with van der Waals surface area (Å²) in [6.45, 7) is 2.09. The van der Waals surface area contributed by atoms with E-state index in [-0.39, 0.29) is 12.4 Å². The van der Waals surface area contributed by atoms with Gasteiger partial charge < -0.3 is 14.6 Å². The van der Waals surface area contributed by atoms with Crippen molar-refractivity contribution >= 4 is 0 Å². The van der Waals surface area contributed by atoms with E-state index >= 15 is 0 Å². The second kappa shape index (κ2) is 4.94. The minimum Gasteiger partial charge on any atom is -0.393 e. The molecule has 0 bridgehead atoms. The lowest BCUT2D eigenvalue weighted by atomic mass is 9.80. The number of methoxy groups -OCH3 is 2. The Hall–Kier alpha value is -0.120. The van der Waals surface area contributed by atoms with Crippen LogP contribution in [0.15, 0.2) is 0 Å². The van der Waals surface area contributed by atoms with Crippen LogP contribution in [-0.4, -0.2) is 31.7 Å². The topological polar surface area (TPSA) is 38.7 Å². The fraction of sp³-hybridized carbons (Fsp3) is 1.00. The smallest absolute Gasteiger partial charge is 0.159 e. The monoisotopic (exact) mass is 188 g/mol. The Labute approximate surface area is 80.0 Å². The highest BCUT2D eigenvalue weighted by Gasteiger charge is 2.31. The van der Waals surface area contributed by atoms with E-state index in [4.69, 9.17) is 9.47 Å². The van der Waals surface area contributed by atoms with Crippen LogP contribution in [0.3, 0.4) is 0 Å². The average molecular weight is 188 g/mol. The Kier molecular flexibility index (Phi) is 4.16. The fourth-order valence-electron chi connectivity index (χ4n) is 2.06. The molecule has 1 saturated carbocycles. The van der Waals surface area contributed by atoms with E-state index in [0.717, 1.165) is 19.3 Å². The summed E-state index contributed by atoms with van der Waals surface area (Å²) in [7, 11) is 3.30. The van der Waals surface area contributed by atoms with Crippen LogP contribution in [0.5, 0.6) is 0 Å². The fourth-order valence-corrected chi connectivity index (χ4v) is 2.06. The SMILES string of the molecule is COC(OC)C1CCC(C)C(O)C1. The van der Waals surface area contributed by atoms with Crippen molar-refractivity contribution in [2.75, 3.05) is 14.2 Å². The van der Waals surface area contributed by atoms with Gasteiger partial charge in [0.15, 0.2) is 6.29 Å². The second-order valence-corrected chi connectivity index (χ2v) is 3.96. The summed E-state index contributed by atoms with van der Waals surface area (Å²) >= 11 is 0. The minimum absolute atomic E-state index is 0.151. The Morgan fingerprint density at radius 2 is 1.85 bits per heavy atom. The lowest BCUT2D eigenvalue weighted by Gasteiger charge is -2.34. The van der Waals surface area contributed by atoms with Crippen molar-refractivity contribution in [3.63, 3.8) is 0 Å². The molecule has 13 heavy (non-hydrogen) atoms. The van der Waals surface area contributed by atoms with Gasteiger partial charge in [0.1, 0.15) is 0 Å². The van der Waals surface area contributed by atoms with E-state index < -0.39 is 0 Å². The average Bonchev–Trinajstić information content (AvgIpc) is 2.13. The summed E-state index contributed by atoms with van der Waals surface area (Å²) in [5.74, 6) is 0.770. The summed E-state index contributed by atoms with van der Waals surface area (Å²) in [6, 6.07) is 0. The van der Waals surface area contributed by atoms with Crippen molar-refractivity contribution in [3.05, 3.63) is 0 Å². The zero-order valence-electron chi connectivity index (χ0n) is 8.69. The second-order valence-electron chi connectivity index (χ2n) is 3.96. The van der Waals surface area contributed by atoms with Gasteiger partial charge in [-0.2, -0.15) is 0 Å². The first-order valence-electron chi connectivity index (χ1n) is 4.92. The molecule has 0 radical (unpaired) electrons. The molecule has 0 aromatic rings. The van der Waals surface area contributed by atoms with Gasteiger partial charge in [-0.1, -0.05) is 6.92 Å². The van der Waals surface area contributed by atoms with Crippen LogP contribution >= 0.6 is 0 Å². The Bertz CT molecular complexity index is 145. The Morgan fingerprint density at radius 1 is 1.23 bits per heavy atom. The predicted octanol–water partition coefficient (Wildman–Crippen LogP) is 1.40. The molecule has 1 rings (SSSR count). The van der Waals surface area contributed by atoms with Crippen molar-refractivity contribution < 1.29 is 14.6 Å². The minimum atomic E-state index is -0.188. The van der Waals surface area contributed by atoms with Crippen LogP contribution in [0.1, 0.15) is 26.2 Å². The van der Waals surface area contributed by atoms with Crippen LogP contribution in [0.4, 0.5) is 0 Å². The van der Waals surface area contributed by atoms with Crippen LogP contribution in [-0.2, 0) is 9.47 Å². The highest BCUT2D eigenvalue weighted by molar-refractivity contribution is 4.78. The van der Waals surface area contributed by atoms with Gasteiger partial charge in [-0.3, -0.25) is 0 Å². The van der Waals surface area contributed by atoms with Gasteiger partial charge in [-0.15, -0.1) is 0 Å². The van der Waals surface area contributed by atoms with E-state index in [0.29, 0.717) is 11.8 Å². The van der Waals surface area contributed by atoms with Gasteiger partial charge in [0.25, 0.3) is 0 Å². The standard InChI is InChI=1S/C10H20O3/c1-7-4-5-8(6-9(7)11)10(12-2)13-3/h7-11H,4-6H2,1-3H3. The number of hydrogen-bond acceptors (Lipinski definition) is 3. The van der Waals surface area contributed by atoms with Gasteiger partial charge >= 0.3 is 0 Å². The van der Waals surface area contributed by atoms with Crippen LogP contribution in [0, 0.1) is 11.8 Å². The van der Waals surface area contributed by atoms with Gasteiger partial charge in [-0.05, 0) is 25.2 Å². The molecule has 3 heteroatoms. The highest BCUT2D eigenvalue weighted by atomic mass is 16.7. The molecule has 0 saturated heterocycles. The third-order valence-electron chi connectivity index (χ3n) is 3.04. The molecular weight excluding hydrogens is 168 g/mol. The Balaban J connectivity index is 2.44. The van der Waals surface area contributed by atoms with Gasteiger partial charge in [0.05, 0.1) is 6.10 Å². The Morgan fingerprint density at radius 3 is 2.31 bits per heavy atom. The van der Waals surface area contributed by atoms with Gasteiger partial charge in [0.2, 0.25) is 0 Å². The number of hydrogen-bond donors (Lipinski definition) is 1. The molecule has 1 aliphatic carbocycles. The van der Waals surface area contributed by atoms with Gasteiger partial charge in [0, 0.05) is 20.1 Å². The quantitative estimate of drug-likeness (QED) is 0.680. The van der Waals surface area contributed by atoms with Crippen molar-refractivity contribution in [1.82, 2.24) is 0 Å². The van der Waals surface area contributed by atoms with Crippen LogP contribution < -0.4 is 0 Å². The predicted molar refractivity (Wildman–Crippen MR) is 50.3 cm³/mol. The molecule has 0 aromatic heterocycles. The molecule has 3 unspecified atom stereocenters. The maximum Gasteiger partial charge on any atom is 0.159 e. The summed E-state index contributed by atoms with van der Waals surface area (Å²) < 4.78 is 10.4. The first-order valence-corrected chi connectivity index (χ1v) is 4.92. The van der Waals surface area contributed by atoms with E-state index in [9.17, 15) is 5.11 Å². The summed E-state index contributed by atoms with van der Waals surface area (Å²) in [4.78, 5) is 0. The van der Waals surface area contributed by atoms with Crippen molar-refractivity contribution in [1.29, 1.82) is 0 Å². The maximum absolute atomic E-state index is 9.68. The lowest BCUT2D eigenvalue weighted by Crippen LogP contribution is -2.35. The van der Waals surface area contributed by atoms with Crippen LogP contribution in [0.2, 0.25) is 0 Å². The summed E-state index contributed by atoms with van der Waals surface area (Å²) in [5.41, 5.74) is 0. The molecule has 3 nitrogen and oxygen atoms in total. The highest BCUT2D eigenvalue weighted by Crippen LogP contribution is 2.31. The van der Waals surface area contributed by atoms with Crippen LogP contribution in [0.25, 0.3) is 0 Å². The van der Waals surface area contributed by atoms with E-state index in [1.807, 2.05) is 0 Å². The number of rotatable bonds is 3. The number of aliphatic hydroxyl groups is 1. The molecular formula is C10H20O3. The molecule has 78 valence electrons. The molecule has 1 fully saturated rings. The normalized spacial score (nSPS) is 35.3. The maximum atomic E-state index is 9.68. The first-order chi connectivity index (χ1) is 6.19. The van der Waals surface area contributed by atoms with Crippen molar-refractivity contribution in [3.8, 4) is 0 Å². The molecule has 0 amide bonds. The molecule has 1 N–H and O–H groups in total. The zero-order valence-corrected chi connectivity index (χ0v) is 8.69. The van der Waals surface area contributed by atoms with Gasteiger partial charge in [-0.25, -0.2) is 0 Å². The molecule has 0 spiro atoms. The molecule has 1 aliphatic rings. The number of aliphatic hydroxyl groups excluding tert-OH is 1.